The van der Waals surface area contributed by atoms with Crippen molar-refractivity contribution in [1.82, 2.24) is 4.57 Å². The number of unbranched alkanes of at least 4 members (excludes halogenated alkanes) is 1. The molecule has 1 fully saturated rings. The fourth-order valence-electron chi connectivity index (χ4n) is 4.14. The van der Waals surface area contributed by atoms with Gasteiger partial charge < -0.3 is 19.3 Å². The summed E-state index contributed by atoms with van der Waals surface area (Å²) in [5.74, 6) is 0.990. The number of piperidine rings is 1. The summed E-state index contributed by atoms with van der Waals surface area (Å²) >= 11 is 0. The standard InChI is InChI=1S/C18H28N2O3/c1-2-3-7-23-13-16(21)12-19-9-14-8-15(11-19)17-5-4-6-18(22)20(17)10-14/h4-6,14-16,21H,2-3,7-13H2,1H3/p+1/t14-,15+,16-/m0/s1. The second-order valence-electron chi connectivity index (χ2n) is 7.14. The minimum atomic E-state index is -0.390. The smallest absolute Gasteiger partial charge is 0.250 e. The first-order valence-corrected chi connectivity index (χ1v) is 8.96. The van der Waals surface area contributed by atoms with Crippen LogP contribution in [-0.4, -0.2) is 48.6 Å². The number of aliphatic hydroxyl groups is 1. The zero-order valence-corrected chi connectivity index (χ0v) is 14.0. The zero-order chi connectivity index (χ0) is 16.2. The third-order valence-corrected chi connectivity index (χ3v) is 5.15. The molecule has 0 radical (unpaired) electrons. The summed E-state index contributed by atoms with van der Waals surface area (Å²) in [7, 11) is 0. The summed E-state index contributed by atoms with van der Waals surface area (Å²) in [6, 6.07) is 5.63. The highest BCUT2D eigenvalue weighted by Crippen LogP contribution is 2.29. The predicted molar refractivity (Wildman–Crippen MR) is 88.8 cm³/mol. The first kappa shape index (κ1) is 16.7. The lowest BCUT2D eigenvalue weighted by molar-refractivity contribution is -0.914. The zero-order valence-electron chi connectivity index (χ0n) is 14.0. The number of pyridine rings is 1. The molecule has 5 heteroatoms. The van der Waals surface area contributed by atoms with E-state index < -0.39 is 6.10 Å². The summed E-state index contributed by atoms with van der Waals surface area (Å²) in [6.45, 7) is 6.95. The van der Waals surface area contributed by atoms with Gasteiger partial charge in [0.25, 0.3) is 5.56 Å². The number of ether oxygens (including phenoxy) is 1. The summed E-state index contributed by atoms with van der Waals surface area (Å²) in [5.41, 5.74) is 1.31. The molecule has 23 heavy (non-hydrogen) atoms. The Morgan fingerprint density at radius 2 is 2.30 bits per heavy atom. The molecule has 2 N–H and O–H groups in total. The van der Waals surface area contributed by atoms with Crippen molar-refractivity contribution in [3.8, 4) is 0 Å². The molecule has 5 nitrogen and oxygen atoms in total. The number of aromatic nitrogens is 1. The van der Waals surface area contributed by atoms with Crippen LogP contribution < -0.4 is 10.5 Å². The molecule has 3 rings (SSSR count). The van der Waals surface area contributed by atoms with E-state index in [4.69, 9.17) is 4.74 Å². The average Bonchev–Trinajstić information content (AvgIpc) is 2.53. The summed E-state index contributed by atoms with van der Waals surface area (Å²) in [6.07, 6.45) is 2.96. The molecule has 128 valence electrons. The summed E-state index contributed by atoms with van der Waals surface area (Å²) < 4.78 is 7.49. The molecule has 2 aliphatic rings. The number of nitrogens with one attached hydrogen (secondary N) is 1. The van der Waals surface area contributed by atoms with Crippen LogP contribution in [0.25, 0.3) is 0 Å². The van der Waals surface area contributed by atoms with Gasteiger partial charge >= 0.3 is 0 Å². The highest BCUT2D eigenvalue weighted by molar-refractivity contribution is 5.15. The van der Waals surface area contributed by atoms with Gasteiger partial charge in [0.05, 0.1) is 19.7 Å². The maximum Gasteiger partial charge on any atom is 0.250 e. The quantitative estimate of drug-likeness (QED) is 0.697. The first-order chi connectivity index (χ1) is 11.2. The van der Waals surface area contributed by atoms with Gasteiger partial charge in [-0.05, 0) is 18.9 Å². The molecule has 2 bridgehead atoms. The number of aliphatic hydroxyl groups excluding tert-OH is 1. The first-order valence-electron chi connectivity index (χ1n) is 8.96. The monoisotopic (exact) mass is 321 g/mol. The number of likely N-dealkylation sites (tertiary alicyclic amines) is 1. The molecule has 4 atom stereocenters. The molecular formula is C18H29N2O3+. The van der Waals surface area contributed by atoms with Crippen LogP contribution >= 0.6 is 0 Å². The minimum absolute atomic E-state index is 0.130. The Hall–Kier alpha value is -1.17. The van der Waals surface area contributed by atoms with Gasteiger partial charge in [0.15, 0.2) is 0 Å². The van der Waals surface area contributed by atoms with Crippen LogP contribution in [-0.2, 0) is 11.3 Å². The lowest BCUT2D eigenvalue weighted by atomic mass is 9.83. The molecule has 1 aromatic heterocycles. The highest BCUT2D eigenvalue weighted by atomic mass is 16.5. The Morgan fingerprint density at radius 3 is 3.13 bits per heavy atom. The Balaban J connectivity index is 1.56. The van der Waals surface area contributed by atoms with Gasteiger partial charge in [0.1, 0.15) is 12.6 Å². The molecule has 0 aromatic carbocycles. The van der Waals surface area contributed by atoms with E-state index in [9.17, 15) is 9.90 Å². The van der Waals surface area contributed by atoms with Crippen LogP contribution in [0.2, 0.25) is 0 Å². The number of hydrogen-bond donors (Lipinski definition) is 2. The SMILES string of the molecule is CCCCOC[C@@H](O)C[NH+]1C[C@@H]2C[C@H](C1)c1cccc(=O)n1C2. The Morgan fingerprint density at radius 1 is 1.43 bits per heavy atom. The average molecular weight is 321 g/mol. The van der Waals surface area contributed by atoms with Crippen LogP contribution in [0.5, 0.6) is 0 Å². The fraction of sp³-hybridized carbons (Fsp3) is 0.722. The molecule has 1 aromatic rings. The van der Waals surface area contributed by atoms with Crippen molar-refractivity contribution in [2.75, 3.05) is 32.8 Å². The van der Waals surface area contributed by atoms with E-state index in [2.05, 4.69) is 13.0 Å². The van der Waals surface area contributed by atoms with E-state index in [-0.39, 0.29) is 5.56 Å². The number of rotatable bonds is 7. The summed E-state index contributed by atoms with van der Waals surface area (Å²) in [5, 5.41) is 10.2. The second kappa shape index (κ2) is 7.60. The van der Waals surface area contributed by atoms with Crippen molar-refractivity contribution >= 4 is 0 Å². The topological polar surface area (TPSA) is 55.9 Å². The van der Waals surface area contributed by atoms with E-state index in [1.165, 1.54) is 17.0 Å². The molecule has 0 spiro atoms. The predicted octanol–water partition coefficient (Wildman–Crippen LogP) is 0.0279. The third-order valence-electron chi connectivity index (χ3n) is 5.15. The lowest BCUT2D eigenvalue weighted by Gasteiger charge is -2.40. The molecule has 0 amide bonds. The number of nitrogens with zero attached hydrogens (tertiary/aromatic N) is 1. The van der Waals surface area contributed by atoms with Crippen molar-refractivity contribution in [2.45, 2.75) is 44.8 Å². The third kappa shape index (κ3) is 4.03. The van der Waals surface area contributed by atoms with E-state index in [1.807, 2.05) is 10.6 Å². The number of fused-ring (bicyclic) bond motifs is 4. The van der Waals surface area contributed by atoms with E-state index >= 15 is 0 Å². The number of quaternary nitrogens is 1. The van der Waals surface area contributed by atoms with Crippen LogP contribution in [0.1, 0.15) is 37.8 Å². The van der Waals surface area contributed by atoms with Gasteiger partial charge in [-0.1, -0.05) is 19.4 Å². The number of hydrogen-bond acceptors (Lipinski definition) is 3. The van der Waals surface area contributed by atoms with Gasteiger partial charge in [-0.2, -0.15) is 0 Å². The van der Waals surface area contributed by atoms with E-state index in [1.54, 1.807) is 6.07 Å². The van der Waals surface area contributed by atoms with Crippen LogP contribution in [0.3, 0.4) is 0 Å². The van der Waals surface area contributed by atoms with Gasteiger partial charge in [-0.3, -0.25) is 4.79 Å². The van der Waals surface area contributed by atoms with Crippen molar-refractivity contribution in [2.24, 2.45) is 5.92 Å². The second-order valence-corrected chi connectivity index (χ2v) is 7.14. The Bertz CT molecular complexity index is 572. The maximum absolute atomic E-state index is 12.0. The summed E-state index contributed by atoms with van der Waals surface area (Å²) in [4.78, 5) is 13.5. The molecule has 0 aliphatic carbocycles. The molecule has 1 saturated heterocycles. The molecule has 2 aliphatic heterocycles. The van der Waals surface area contributed by atoms with Crippen LogP contribution in [0.15, 0.2) is 23.0 Å². The van der Waals surface area contributed by atoms with Crippen molar-refractivity contribution < 1.29 is 14.7 Å². The Labute approximate surface area is 137 Å². The van der Waals surface area contributed by atoms with Crippen molar-refractivity contribution in [3.05, 3.63) is 34.2 Å². The van der Waals surface area contributed by atoms with Gasteiger partial charge in [-0.15, -0.1) is 0 Å². The minimum Gasteiger partial charge on any atom is -0.385 e. The van der Waals surface area contributed by atoms with Crippen LogP contribution in [0, 0.1) is 5.92 Å². The van der Waals surface area contributed by atoms with Gasteiger partial charge in [-0.25, -0.2) is 0 Å². The van der Waals surface area contributed by atoms with E-state index in [0.29, 0.717) is 18.4 Å². The van der Waals surface area contributed by atoms with Crippen LogP contribution in [0.4, 0.5) is 0 Å². The lowest BCUT2D eigenvalue weighted by Crippen LogP contribution is -3.15. The normalized spacial score (nSPS) is 27.5. The maximum atomic E-state index is 12.0. The Kier molecular flexibility index (Phi) is 5.51. The highest BCUT2D eigenvalue weighted by Gasteiger charge is 2.37. The largest absolute Gasteiger partial charge is 0.385 e. The van der Waals surface area contributed by atoms with Gasteiger partial charge in [0.2, 0.25) is 0 Å². The molecule has 0 saturated carbocycles. The fourth-order valence-corrected chi connectivity index (χ4v) is 4.14. The van der Waals surface area contributed by atoms with E-state index in [0.717, 1.165) is 45.6 Å². The molecule has 1 unspecified atom stereocenters. The van der Waals surface area contributed by atoms with Crippen molar-refractivity contribution in [1.29, 1.82) is 0 Å². The molecule has 3 heterocycles. The van der Waals surface area contributed by atoms with Crippen molar-refractivity contribution in [3.63, 3.8) is 0 Å². The molecular weight excluding hydrogens is 292 g/mol. The van der Waals surface area contributed by atoms with Gasteiger partial charge in [0, 0.05) is 36.7 Å².